The summed E-state index contributed by atoms with van der Waals surface area (Å²) in [4.78, 5) is 28.5. The first-order chi connectivity index (χ1) is 19.6. The molecule has 3 N–H and O–H groups in total. The van der Waals surface area contributed by atoms with E-state index in [0.29, 0.717) is 44.8 Å². The number of rotatable bonds is 8. The summed E-state index contributed by atoms with van der Waals surface area (Å²) in [5, 5.41) is 13.8. The average molecular weight is 575 g/mol. The second-order valence-corrected chi connectivity index (χ2v) is 10.3. The van der Waals surface area contributed by atoms with Gasteiger partial charge in [0.1, 0.15) is 23.1 Å². The van der Waals surface area contributed by atoms with Crippen LogP contribution in [0.5, 0.6) is 5.75 Å². The van der Waals surface area contributed by atoms with E-state index < -0.39 is 23.5 Å². The number of aromatic carboxylic acids is 1. The highest BCUT2D eigenvalue weighted by Crippen LogP contribution is 2.37. The van der Waals surface area contributed by atoms with E-state index in [1.165, 1.54) is 12.1 Å². The van der Waals surface area contributed by atoms with Crippen LogP contribution in [-0.2, 0) is 6.42 Å². The molecule has 208 valence electrons. The molecule has 0 radical (unpaired) electrons. The third kappa shape index (κ3) is 6.23. The highest BCUT2D eigenvalue weighted by Gasteiger charge is 2.23. The van der Waals surface area contributed by atoms with Crippen molar-refractivity contribution in [3.8, 4) is 16.9 Å². The molecule has 9 heteroatoms. The Morgan fingerprint density at radius 3 is 2.27 bits per heavy atom. The molecule has 0 saturated heterocycles. The Labute approximate surface area is 239 Å². The fraction of sp³-hybridized carbons (Fsp3) is 0.125. The van der Waals surface area contributed by atoms with Crippen LogP contribution in [0.25, 0.3) is 22.0 Å². The molecule has 5 rings (SSSR count). The molecule has 5 aromatic rings. The molecule has 0 atom stereocenters. The number of carboxylic acids is 1. The smallest absolute Gasteiger partial charge is 0.354 e. The normalized spacial score (nSPS) is 11.2. The van der Waals surface area contributed by atoms with Crippen molar-refractivity contribution in [1.82, 2.24) is 4.98 Å². The number of H-pyrrole nitrogens is 1. The van der Waals surface area contributed by atoms with E-state index in [-0.39, 0.29) is 23.0 Å². The van der Waals surface area contributed by atoms with Gasteiger partial charge < -0.3 is 20.1 Å². The number of benzene rings is 4. The van der Waals surface area contributed by atoms with E-state index in [0.717, 1.165) is 11.6 Å². The van der Waals surface area contributed by atoms with Crippen LogP contribution >= 0.6 is 11.6 Å². The Hall–Kier alpha value is -4.69. The van der Waals surface area contributed by atoms with Crippen molar-refractivity contribution in [1.29, 1.82) is 0 Å². The highest BCUT2D eigenvalue weighted by atomic mass is 35.5. The summed E-state index contributed by atoms with van der Waals surface area (Å²) in [5.41, 5.74) is 2.69. The number of carbonyl (C=O) groups is 2. The van der Waals surface area contributed by atoms with E-state index in [9.17, 15) is 23.5 Å². The van der Waals surface area contributed by atoms with Crippen LogP contribution in [0.2, 0.25) is 5.02 Å². The molecule has 41 heavy (non-hydrogen) atoms. The number of ether oxygens (including phenoxy) is 1. The molecular formula is C32H25ClF2N2O4. The SMILES string of the molecule is CC(C)Oc1ccc(C(=O)Nc2c(C(=O)O)[nH]c3cc(-c4cc(F)cc(F)c4)cc(Cc4cccc(Cl)c4)c23)cc1. The van der Waals surface area contributed by atoms with Gasteiger partial charge in [-0.1, -0.05) is 23.7 Å². The predicted octanol–water partition coefficient (Wildman–Crippen LogP) is 8.10. The van der Waals surface area contributed by atoms with Gasteiger partial charge in [0.25, 0.3) is 5.91 Å². The van der Waals surface area contributed by atoms with Crippen molar-refractivity contribution in [3.63, 3.8) is 0 Å². The summed E-state index contributed by atoms with van der Waals surface area (Å²) >= 11 is 6.21. The van der Waals surface area contributed by atoms with Crippen LogP contribution < -0.4 is 10.1 Å². The maximum absolute atomic E-state index is 14.1. The zero-order valence-electron chi connectivity index (χ0n) is 22.1. The van der Waals surface area contributed by atoms with Crippen molar-refractivity contribution >= 4 is 40.1 Å². The number of aromatic nitrogens is 1. The Bertz CT molecular complexity index is 1760. The number of halogens is 3. The number of carbonyl (C=O) groups excluding carboxylic acids is 1. The van der Waals surface area contributed by atoms with E-state index >= 15 is 0 Å². The molecule has 1 heterocycles. The lowest BCUT2D eigenvalue weighted by Gasteiger charge is -2.13. The maximum Gasteiger partial charge on any atom is 0.354 e. The molecule has 0 unspecified atom stereocenters. The Morgan fingerprint density at radius 2 is 1.63 bits per heavy atom. The van der Waals surface area contributed by atoms with Crippen LogP contribution in [0, 0.1) is 11.6 Å². The van der Waals surface area contributed by atoms with Gasteiger partial charge >= 0.3 is 5.97 Å². The number of nitrogens with one attached hydrogen (secondary N) is 2. The molecule has 6 nitrogen and oxygen atoms in total. The van der Waals surface area contributed by atoms with Gasteiger partial charge in [-0.3, -0.25) is 4.79 Å². The predicted molar refractivity (Wildman–Crippen MR) is 155 cm³/mol. The summed E-state index contributed by atoms with van der Waals surface area (Å²) in [5.74, 6) is -2.70. The number of anilines is 1. The monoisotopic (exact) mass is 574 g/mol. The highest BCUT2D eigenvalue weighted by molar-refractivity contribution is 6.30. The maximum atomic E-state index is 14.1. The number of carboxylic acid groups (broad SMARTS) is 1. The van der Waals surface area contributed by atoms with Gasteiger partial charge in [0.05, 0.1) is 11.8 Å². The standard InChI is InChI=1S/C32H25ClF2N2O4/c1-17(2)41-26-8-6-19(7-9-26)31(38)37-29-28-22(10-18-4-3-5-23(33)11-18)12-20(15-27(28)36-30(29)32(39)40)21-13-24(34)16-25(35)14-21/h3-9,11-17,36H,10H2,1-2H3,(H,37,38)(H,39,40). The van der Waals surface area contributed by atoms with Crippen LogP contribution in [0.4, 0.5) is 14.5 Å². The van der Waals surface area contributed by atoms with Gasteiger partial charge in [0.15, 0.2) is 0 Å². The molecule has 0 saturated carbocycles. The van der Waals surface area contributed by atoms with Crippen molar-refractivity contribution in [3.05, 3.63) is 118 Å². The van der Waals surface area contributed by atoms with Crippen molar-refractivity contribution in [2.24, 2.45) is 0 Å². The minimum Gasteiger partial charge on any atom is -0.491 e. The zero-order valence-corrected chi connectivity index (χ0v) is 22.9. The number of fused-ring (bicyclic) bond motifs is 1. The Balaban J connectivity index is 1.65. The van der Waals surface area contributed by atoms with E-state index in [1.807, 2.05) is 19.9 Å². The van der Waals surface area contributed by atoms with Gasteiger partial charge in [0.2, 0.25) is 0 Å². The van der Waals surface area contributed by atoms with Crippen molar-refractivity contribution in [2.75, 3.05) is 5.32 Å². The Morgan fingerprint density at radius 1 is 0.951 bits per heavy atom. The lowest BCUT2D eigenvalue weighted by Crippen LogP contribution is -2.14. The first kappa shape index (κ1) is 27.9. The van der Waals surface area contributed by atoms with E-state index in [4.69, 9.17) is 16.3 Å². The molecular weight excluding hydrogens is 550 g/mol. The van der Waals surface area contributed by atoms with E-state index in [2.05, 4.69) is 10.3 Å². The summed E-state index contributed by atoms with van der Waals surface area (Å²) in [6.07, 6.45) is 0.259. The third-order valence-electron chi connectivity index (χ3n) is 6.40. The molecule has 0 bridgehead atoms. The largest absolute Gasteiger partial charge is 0.491 e. The number of amides is 1. The van der Waals surface area contributed by atoms with Gasteiger partial charge in [0, 0.05) is 27.6 Å². The second kappa shape index (κ2) is 11.4. The average Bonchev–Trinajstić information content (AvgIpc) is 3.27. The molecule has 1 amide bonds. The Kier molecular flexibility index (Phi) is 7.77. The van der Waals surface area contributed by atoms with Gasteiger partial charge in [-0.05, 0) is 103 Å². The van der Waals surface area contributed by atoms with Crippen LogP contribution in [0.15, 0.2) is 78.9 Å². The second-order valence-electron chi connectivity index (χ2n) is 9.85. The zero-order chi connectivity index (χ0) is 29.3. The first-order valence-electron chi connectivity index (χ1n) is 12.8. The molecule has 4 aromatic carbocycles. The van der Waals surface area contributed by atoms with Crippen LogP contribution in [0.1, 0.15) is 45.8 Å². The van der Waals surface area contributed by atoms with Crippen LogP contribution in [-0.4, -0.2) is 28.1 Å². The topological polar surface area (TPSA) is 91.4 Å². The number of aromatic amines is 1. The fourth-order valence-corrected chi connectivity index (χ4v) is 4.95. The van der Waals surface area contributed by atoms with Crippen LogP contribution in [0.3, 0.4) is 0 Å². The van der Waals surface area contributed by atoms with Gasteiger partial charge in [-0.15, -0.1) is 0 Å². The molecule has 1 aromatic heterocycles. The first-order valence-corrected chi connectivity index (χ1v) is 13.2. The third-order valence-corrected chi connectivity index (χ3v) is 6.63. The summed E-state index contributed by atoms with van der Waals surface area (Å²) in [6, 6.07) is 20.2. The molecule has 0 spiro atoms. The molecule has 0 fully saturated rings. The lowest BCUT2D eigenvalue weighted by atomic mass is 9.95. The van der Waals surface area contributed by atoms with Crippen molar-refractivity contribution in [2.45, 2.75) is 26.4 Å². The lowest BCUT2D eigenvalue weighted by molar-refractivity contribution is 0.0692. The van der Waals surface area contributed by atoms with Gasteiger partial charge in [-0.25, -0.2) is 13.6 Å². The summed E-state index contributed by atoms with van der Waals surface area (Å²) in [6.45, 7) is 3.78. The van der Waals surface area contributed by atoms with E-state index in [1.54, 1.807) is 54.6 Å². The quantitative estimate of drug-likeness (QED) is 0.175. The summed E-state index contributed by atoms with van der Waals surface area (Å²) in [7, 11) is 0. The molecule has 0 aliphatic carbocycles. The number of hydrogen-bond acceptors (Lipinski definition) is 3. The fourth-order valence-electron chi connectivity index (χ4n) is 4.74. The number of hydrogen-bond donors (Lipinski definition) is 3. The molecule has 0 aliphatic heterocycles. The molecule has 0 aliphatic rings. The minimum absolute atomic E-state index is 0.0364. The van der Waals surface area contributed by atoms with Crippen molar-refractivity contribution < 1.29 is 28.2 Å². The minimum atomic E-state index is -1.29. The summed E-state index contributed by atoms with van der Waals surface area (Å²) < 4.78 is 33.8. The van der Waals surface area contributed by atoms with Gasteiger partial charge in [-0.2, -0.15) is 0 Å².